The molecule has 3 aromatic heterocycles. The smallest absolute Gasteiger partial charge is 0.325 e. The predicted octanol–water partition coefficient (Wildman–Crippen LogP) is 2.02. The minimum Gasteiger partial charge on any atom is -0.468 e. The number of hydrogen-bond donors (Lipinski definition) is 1. The van der Waals surface area contributed by atoms with Gasteiger partial charge in [-0.15, -0.1) is 17.8 Å². The highest BCUT2D eigenvalue weighted by atomic mass is 32.1. The highest BCUT2D eigenvalue weighted by Crippen LogP contribution is 2.34. The minimum absolute atomic E-state index is 0.0381. The maximum atomic E-state index is 11.4. The monoisotopic (exact) mass is 312 g/mol. The molecule has 0 saturated carbocycles. The second-order valence-electron chi connectivity index (χ2n) is 4.35. The lowest BCUT2D eigenvalue weighted by Gasteiger charge is -2.07. The van der Waals surface area contributed by atoms with Crippen molar-refractivity contribution in [1.82, 2.24) is 14.4 Å². The van der Waals surface area contributed by atoms with E-state index in [1.807, 2.05) is 15.8 Å². The molecule has 0 aliphatic rings. The molecule has 22 heavy (non-hydrogen) atoms. The number of thiophene rings is 1. The fourth-order valence-corrected chi connectivity index (χ4v) is 2.92. The Balaban J connectivity index is 2.13. The van der Waals surface area contributed by atoms with Crippen LogP contribution in [0.4, 0.5) is 5.82 Å². The first kappa shape index (κ1) is 14.1. The van der Waals surface area contributed by atoms with Crippen LogP contribution in [0.1, 0.15) is 5.56 Å². The summed E-state index contributed by atoms with van der Waals surface area (Å²) in [6, 6.07) is 1.87. The van der Waals surface area contributed by atoms with Crippen LogP contribution >= 0.6 is 11.3 Å². The summed E-state index contributed by atoms with van der Waals surface area (Å²) in [7, 11) is 1.35. The molecule has 0 saturated heterocycles. The molecule has 0 amide bonds. The quantitative estimate of drug-likeness (QED) is 0.590. The lowest BCUT2D eigenvalue weighted by Crippen LogP contribution is -2.16. The molecule has 0 radical (unpaired) electrons. The Kier molecular flexibility index (Phi) is 3.76. The van der Waals surface area contributed by atoms with E-state index in [4.69, 9.17) is 6.42 Å². The number of esters is 1. The molecule has 0 aliphatic heterocycles. The normalized spacial score (nSPS) is 10.4. The van der Waals surface area contributed by atoms with E-state index < -0.39 is 0 Å². The standard InChI is InChI=1S/C15H12N4O2S/c1-3-10-4-7-22-14(10)13-15(17-9-12(20)21-2)19-6-5-16-8-11(19)18-13/h1,4-8,17H,9H2,2H3. The summed E-state index contributed by atoms with van der Waals surface area (Å²) in [5, 5.41) is 4.98. The number of anilines is 1. The third-order valence-corrected chi connectivity index (χ3v) is 4.01. The molecule has 0 bridgehead atoms. The Bertz CT molecular complexity index is 875. The SMILES string of the molecule is C#Cc1ccsc1-c1nc2cnccn2c1NCC(=O)OC. The first-order chi connectivity index (χ1) is 10.7. The van der Waals surface area contributed by atoms with E-state index in [-0.39, 0.29) is 12.5 Å². The summed E-state index contributed by atoms with van der Waals surface area (Å²) >= 11 is 1.50. The molecular weight excluding hydrogens is 300 g/mol. The molecule has 7 heteroatoms. The van der Waals surface area contributed by atoms with Gasteiger partial charge in [-0.05, 0) is 11.4 Å². The molecule has 1 N–H and O–H groups in total. The van der Waals surface area contributed by atoms with Gasteiger partial charge in [-0.2, -0.15) is 0 Å². The maximum absolute atomic E-state index is 11.4. The van der Waals surface area contributed by atoms with Crippen LogP contribution in [0.15, 0.2) is 30.0 Å². The van der Waals surface area contributed by atoms with E-state index in [0.717, 1.165) is 10.4 Å². The van der Waals surface area contributed by atoms with Crippen molar-refractivity contribution in [2.75, 3.05) is 19.0 Å². The van der Waals surface area contributed by atoms with Gasteiger partial charge in [0.1, 0.15) is 18.1 Å². The lowest BCUT2D eigenvalue weighted by molar-refractivity contribution is -0.138. The minimum atomic E-state index is -0.363. The molecule has 3 aromatic rings. The van der Waals surface area contributed by atoms with E-state index in [2.05, 4.69) is 25.9 Å². The fraction of sp³-hybridized carbons (Fsp3) is 0.133. The number of imidazole rings is 1. The Morgan fingerprint density at radius 3 is 3.23 bits per heavy atom. The summed E-state index contributed by atoms with van der Waals surface area (Å²) in [5.74, 6) is 2.97. The number of ether oxygens (including phenoxy) is 1. The van der Waals surface area contributed by atoms with Crippen LogP contribution in [-0.4, -0.2) is 34.0 Å². The summed E-state index contributed by atoms with van der Waals surface area (Å²) in [6.45, 7) is 0.0381. The number of nitrogens with one attached hydrogen (secondary N) is 1. The highest BCUT2D eigenvalue weighted by molar-refractivity contribution is 7.13. The molecule has 0 spiro atoms. The van der Waals surface area contributed by atoms with Crippen molar-refractivity contribution in [1.29, 1.82) is 0 Å². The van der Waals surface area contributed by atoms with E-state index in [1.54, 1.807) is 18.6 Å². The summed E-state index contributed by atoms with van der Waals surface area (Å²) in [6.07, 6.45) is 10.6. The van der Waals surface area contributed by atoms with Crippen LogP contribution < -0.4 is 5.32 Å². The average molecular weight is 312 g/mol. The van der Waals surface area contributed by atoms with Gasteiger partial charge in [0.25, 0.3) is 0 Å². The van der Waals surface area contributed by atoms with Crippen LogP contribution in [0.5, 0.6) is 0 Å². The van der Waals surface area contributed by atoms with Gasteiger partial charge in [-0.25, -0.2) is 4.98 Å². The molecule has 0 unspecified atom stereocenters. The van der Waals surface area contributed by atoms with Crippen molar-refractivity contribution in [3.05, 3.63) is 35.6 Å². The number of rotatable bonds is 4. The number of carbonyl (C=O) groups is 1. The topological polar surface area (TPSA) is 68.5 Å². The molecule has 0 atom stereocenters. The Hall–Kier alpha value is -2.85. The maximum Gasteiger partial charge on any atom is 0.325 e. The van der Waals surface area contributed by atoms with E-state index in [1.165, 1.54) is 18.4 Å². The second kappa shape index (κ2) is 5.87. The van der Waals surface area contributed by atoms with Gasteiger partial charge in [0.15, 0.2) is 5.65 Å². The van der Waals surface area contributed by atoms with Crippen molar-refractivity contribution in [3.8, 4) is 22.9 Å². The molecular formula is C15H12N4O2S. The van der Waals surface area contributed by atoms with Crippen molar-refractivity contribution >= 4 is 28.8 Å². The fourth-order valence-electron chi connectivity index (χ4n) is 2.07. The van der Waals surface area contributed by atoms with Gasteiger partial charge in [0.05, 0.1) is 18.2 Å². The van der Waals surface area contributed by atoms with Crippen LogP contribution in [0.2, 0.25) is 0 Å². The molecule has 3 heterocycles. The number of methoxy groups -OCH3 is 1. The molecule has 110 valence electrons. The van der Waals surface area contributed by atoms with E-state index in [9.17, 15) is 4.79 Å². The van der Waals surface area contributed by atoms with Gasteiger partial charge >= 0.3 is 5.97 Å². The highest BCUT2D eigenvalue weighted by Gasteiger charge is 2.18. The molecule has 6 nitrogen and oxygen atoms in total. The van der Waals surface area contributed by atoms with Gasteiger partial charge in [0, 0.05) is 18.0 Å². The van der Waals surface area contributed by atoms with Crippen molar-refractivity contribution < 1.29 is 9.53 Å². The van der Waals surface area contributed by atoms with Gasteiger partial charge in [-0.1, -0.05) is 5.92 Å². The number of carbonyl (C=O) groups excluding carboxylic acids is 1. The number of nitrogens with zero attached hydrogens (tertiary/aromatic N) is 3. The van der Waals surface area contributed by atoms with Crippen LogP contribution in [0.3, 0.4) is 0 Å². The zero-order valence-corrected chi connectivity index (χ0v) is 12.6. The van der Waals surface area contributed by atoms with Gasteiger partial charge in [0.2, 0.25) is 0 Å². The summed E-state index contributed by atoms with van der Waals surface area (Å²) in [5.41, 5.74) is 2.13. The van der Waals surface area contributed by atoms with Crippen LogP contribution in [0.25, 0.3) is 16.2 Å². The Morgan fingerprint density at radius 2 is 2.45 bits per heavy atom. The van der Waals surface area contributed by atoms with Crippen LogP contribution in [-0.2, 0) is 9.53 Å². The Morgan fingerprint density at radius 1 is 1.59 bits per heavy atom. The summed E-state index contributed by atoms with van der Waals surface area (Å²) in [4.78, 5) is 20.9. The average Bonchev–Trinajstić information content (AvgIpc) is 3.16. The first-order valence-electron chi connectivity index (χ1n) is 6.42. The lowest BCUT2D eigenvalue weighted by atomic mass is 10.2. The third kappa shape index (κ3) is 2.40. The van der Waals surface area contributed by atoms with Crippen molar-refractivity contribution in [2.45, 2.75) is 0 Å². The number of fused-ring (bicyclic) bond motifs is 1. The largest absolute Gasteiger partial charge is 0.468 e. The zero-order valence-electron chi connectivity index (χ0n) is 11.7. The van der Waals surface area contributed by atoms with E-state index in [0.29, 0.717) is 17.2 Å². The predicted molar refractivity (Wildman–Crippen MR) is 84.7 cm³/mol. The second-order valence-corrected chi connectivity index (χ2v) is 5.27. The van der Waals surface area contributed by atoms with Crippen LogP contribution in [0, 0.1) is 12.3 Å². The van der Waals surface area contributed by atoms with E-state index >= 15 is 0 Å². The van der Waals surface area contributed by atoms with Gasteiger partial charge < -0.3 is 10.1 Å². The Labute approximate surface area is 130 Å². The van der Waals surface area contributed by atoms with Crippen molar-refractivity contribution in [3.63, 3.8) is 0 Å². The first-order valence-corrected chi connectivity index (χ1v) is 7.29. The molecule has 0 aliphatic carbocycles. The molecule has 3 rings (SSSR count). The number of terminal acetylenes is 1. The third-order valence-electron chi connectivity index (χ3n) is 3.09. The summed E-state index contributed by atoms with van der Waals surface area (Å²) < 4.78 is 6.49. The zero-order chi connectivity index (χ0) is 15.5. The molecule has 0 fully saturated rings. The number of aromatic nitrogens is 3. The van der Waals surface area contributed by atoms with Crippen molar-refractivity contribution in [2.24, 2.45) is 0 Å². The molecule has 0 aromatic carbocycles. The number of hydrogen-bond acceptors (Lipinski definition) is 6. The van der Waals surface area contributed by atoms with Gasteiger partial charge in [-0.3, -0.25) is 14.2 Å².